The second-order valence-electron chi connectivity index (χ2n) is 2.71. The van der Waals surface area contributed by atoms with Crippen LogP contribution < -0.4 is 0 Å². The van der Waals surface area contributed by atoms with Gasteiger partial charge in [-0.15, -0.1) is 0 Å². The number of allylic oxidation sites excluding steroid dienone is 1. The molecule has 0 atom stereocenters. The minimum absolute atomic E-state index is 0.331. The van der Waals surface area contributed by atoms with Gasteiger partial charge in [0.1, 0.15) is 0 Å². The summed E-state index contributed by atoms with van der Waals surface area (Å²) in [6, 6.07) is 0. The molecule has 0 aromatic carbocycles. The first-order valence-electron chi connectivity index (χ1n) is 3.63. The summed E-state index contributed by atoms with van der Waals surface area (Å²) >= 11 is 0. The molecule has 0 rings (SSSR count). The van der Waals surface area contributed by atoms with Crippen LogP contribution in [0.2, 0.25) is 0 Å². The highest BCUT2D eigenvalue weighted by Gasteiger charge is 1.96. The molecule has 0 amide bonds. The quantitative estimate of drug-likeness (QED) is 0.515. The van der Waals surface area contributed by atoms with Gasteiger partial charge < -0.3 is 9.84 Å². The molecule has 0 radical (unpaired) electrons. The van der Waals surface area contributed by atoms with E-state index in [2.05, 4.69) is 0 Å². The smallest absolute Gasteiger partial charge is 0.328 e. The van der Waals surface area contributed by atoms with Crippen molar-refractivity contribution in [3.8, 4) is 0 Å². The summed E-state index contributed by atoms with van der Waals surface area (Å²) in [6.45, 7) is 4.15. The molecule has 3 heteroatoms. The van der Waals surface area contributed by atoms with Gasteiger partial charge in [-0.1, -0.05) is 11.6 Å². The van der Waals surface area contributed by atoms with Crippen LogP contribution in [0.5, 0.6) is 0 Å². The molecular formula is C9H14O3. The van der Waals surface area contributed by atoms with Crippen molar-refractivity contribution in [1.29, 1.82) is 0 Å². The van der Waals surface area contributed by atoms with E-state index in [1.165, 1.54) is 7.11 Å². The van der Waals surface area contributed by atoms with E-state index in [4.69, 9.17) is 9.84 Å². The SMILES string of the molecule is COC/C(C=C(C)C)=C\C(=O)O. The molecule has 0 aromatic rings. The molecule has 0 spiro atoms. The Morgan fingerprint density at radius 3 is 2.33 bits per heavy atom. The molecule has 0 aromatic heterocycles. The summed E-state index contributed by atoms with van der Waals surface area (Å²) in [6.07, 6.45) is 2.94. The number of carboxylic acid groups (broad SMARTS) is 1. The number of hydrogen-bond donors (Lipinski definition) is 1. The molecule has 0 saturated heterocycles. The number of rotatable bonds is 4. The highest BCUT2D eigenvalue weighted by molar-refractivity contribution is 5.81. The van der Waals surface area contributed by atoms with Crippen molar-refractivity contribution in [2.24, 2.45) is 0 Å². The average Bonchev–Trinajstić information content (AvgIpc) is 1.84. The van der Waals surface area contributed by atoms with Gasteiger partial charge in [-0.2, -0.15) is 0 Å². The van der Waals surface area contributed by atoms with E-state index in [0.717, 1.165) is 11.6 Å². The first kappa shape index (κ1) is 10.9. The van der Waals surface area contributed by atoms with Crippen LogP contribution in [0.1, 0.15) is 13.8 Å². The summed E-state index contributed by atoms with van der Waals surface area (Å²) in [5, 5.41) is 8.46. The van der Waals surface area contributed by atoms with Gasteiger partial charge in [0.15, 0.2) is 0 Å². The van der Waals surface area contributed by atoms with Crippen molar-refractivity contribution in [1.82, 2.24) is 0 Å². The minimum Gasteiger partial charge on any atom is -0.478 e. The lowest BCUT2D eigenvalue weighted by Gasteiger charge is -1.99. The van der Waals surface area contributed by atoms with E-state index >= 15 is 0 Å². The standard InChI is InChI=1S/C9H14O3/c1-7(2)4-8(6-12-3)5-9(10)11/h4-5H,6H2,1-3H3,(H,10,11)/b8-5-. The molecule has 0 saturated carbocycles. The van der Waals surface area contributed by atoms with Gasteiger partial charge in [0.25, 0.3) is 0 Å². The Morgan fingerprint density at radius 2 is 2.00 bits per heavy atom. The van der Waals surface area contributed by atoms with Crippen LogP contribution in [-0.2, 0) is 9.53 Å². The van der Waals surface area contributed by atoms with Crippen LogP contribution in [0, 0.1) is 0 Å². The van der Waals surface area contributed by atoms with Crippen molar-refractivity contribution < 1.29 is 14.6 Å². The van der Waals surface area contributed by atoms with Crippen molar-refractivity contribution in [3.63, 3.8) is 0 Å². The maximum atomic E-state index is 10.3. The van der Waals surface area contributed by atoms with E-state index in [1.54, 1.807) is 6.08 Å². The number of carbonyl (C=O) groups is 1. The third kappa shape index (κ3) is 5.68. The van der Waals surface area contributed by atoms with Crippen molar-refractivity contribution in [3.05, 3.63) is 23.3 Å². The Labute approximate surface area is 72.3 Å². The second-order valence-corrected chi connectivity index (χ2v) is 2.71. The predicted octanol–water partition coefficient (Wildman–Crippen LogP) is 1.61. The van der Waals surface area contributed by atoms with Gasteiger partial charge in [0, 0.05) is 13.2 Å². The second kappa shape index (κ2) is 5.55. The summed E-state index contributed by atoms with van der Waals surface area (Å²) in [4.78, 5) is 10.3. The third-order valence-electron chi connectivity index (χ3n) is 1.09. The van der Waals surface area contributed by atoms with Gasteiger partial charge in [0.05, 0.1) is 6.61 Å². The molecule has 12 heavy (non-hydrogen) atoms. The van der Waals surface area contributed by atoms with Crippen LogP contribution in [-0.4, -0.2) is 24.8 Å². The minimum atomic E-state index is -0.945. The zero-order valence-corrected chi connectivity index (χ0v) is 7.63. The normalized spacial score (nSPS) is 11.1. The number of methoxy groups -OCH3 is 1. The van der Waals surface area contributed by atoms with Gasteiger partial charge >= 0.3 is 5.97 Å². The fourth-order valence-corrected chi connectivity index (χ4v) is 0.821. The lowest BCUT2D eigenvalue weighted by molar-refractivity contribution is -0.131. The maximum absolute atomic E-state index is 10.3. The van der Waals surface area contributed by atoms with E-state index < -0.39 is 5.97 Å². The molecule has 0 aliphatic heterocycles. The first-order valence-corrected chi connectivity index (χ1v) is 3.63. The molecule has 0 fully saturated rings. The van der Waals surface area contributed by atoms with Crippen molar-refractivity contribution in [2.45, 2.75) is 13.8 Å². The first-order chi connectivity index (χ1) is 5.56. The van der Waals surface area contributed by atoms with Gasteiger partial charge in [0.2, 0.25) is 0 Å². The molecule has 0 aliphatic rings. The van der Waals surface area contributed by atoms with Crippen molar-refractivity contribution >= 4 is 5.97 Å². The third-order valence-corrected chi connectivity index (χ3v) is 1.09. The largest absolute Gasteiger partial charge is 0.478 e. The molecule has 0 aliphatic carbocycles. The number of carboxylic acids is 1. The monoisotopic (exact) mass is 170 g/mol. The Bertz CT molecular complexity index is 210. The van der Waals surface area contributed by atoms with Crippen LogP contribution in [0.15, 0.2) is 23.3 Å². The summed E-state index contributed by atoms with van der Waals surface area (Å²) < 4.78 is 4.83. The summed E-state index contributed by atoms with van der Waals surface area (Å²) in [7, 11) is 1.54. The molecule has 1 N–H and O–H groups in total. The van der Waals surface area contributed by atoms with Crippen LogP contribution in [0.4, 0.5) is 0 Å². The molecule has 0 bridgehead atoms. The predicted molar refractivity (Wildman–Crippen MR) is 47.0 cm³/mol. The fourth-order valence-electron chi connectivity index (χ4n) is 0.821. The van der Waals surface area contributed by atoms with E-state index in [9.17, 15) is 4.79 Å². The lowest BCUT2D eigenvalue weighted by Crippen LogP contribution is -1.97. The number of aliphatic carboxylic acids is 1. The number of ether oxygens (including phenoxy) is 1. The van der Waals surface area contributed by atoms with E-state index in [0.29, 0.717) is 12.2 Å². The van der Waals surface area contributed by atoms with Gasteiger partial charge in [-0.05, 0) is 19.4 Å². The summed E-state index contributed by atoms with van der Waals surface area (Å²) in [5.74, 6) is -0.945. The highest BCUT2D eigenvalue weighted by Crippen LogP contribution is 2.02. The Kier molecular flexibility index (Phi) is 5.04. The number of hydrogen-bond acceptors (Lipinski definition) is 2. The molecule has 0 unspecified atom stereocenters. The van der Waals surface area contributed by atoms with E-state index in [1.807, 2.05) is 13.8 Å². The maximum Gasteiger partial charge on any atom is 0.328 e. The summed E-state index contributed by atoms with van der Waals surface area (Å²) in [5.41, 5.74) is 1.73. The Morgan fingerprint density at radius 1 is 1.42 bits per heavy atom. The molecule has 68 valence electrons. The molecule has 0 heterocycles. The lowest BCUT2D eigenvalue weighted by atomic mass is 10.2. The van der Waals surface area contributed by atoms with Crippen LogP contribution in [0.25, 0.3) is 0 Å². The fraction of sp³-hybridized carbons (Fsp3) is 0.444. The van der Waals surface area contributed by atoms with Crippen LogP contribution in [0.3, 0.4) is 0 Å². The Balaban J connectivity index is 4.43. The molecular weight excluding hydrogens is 156 g/mol. The topological polar surface area (TPSA) is 46.5 Å². The Hall–Kier alpha value is -1.09. The zero-order chi connectivity index (χ0) is 9.56. The highest BCUT2D eigenvalue weighted by atomic mass is 16.5. The van der Waals surface area contributed by atoms with Crippen molar-refractivity contribution in [2.75, 3.05) is 13.7 Å². The van der Waals surface area contributed by atoms with E-state index in [-0.39, 0.29) is 0 Å². The van der Waals surface area contributed by atoms with Crippen LogP contribution >= 0.6 is 0 Å². The van der Waals surface area contributed by atoms with Gasteiger partial charge in [-0.3, -0.25) is 0 Å². The average molecular weight is 170 g/mol. The van der Waals surface area contributed by atoms with Gasteiger partial charge in [-0.25, -0.2) is 4.79 Å². The zero-order valence-electron chi connectivity index (χ0n) is 7.63. The molecule has 3 nitrogen and oxygen atoms in total.